The molecule has 0 saturated carbocycles. The van der Waals surface area contributed by atoms with E-state index in [0.29, 0.717) is 13.1 Å². The fourth-order valence-electron chi connectivity index (χ4n) is 4.93. The van der Waals surface area contributed by atoms with Crippen molar-refractivity contribution < 1.29 is 4.79 Å². The third-order valence-corrected chi connectivity index (χ3v) is 6.46. The maximum absolute atomic E-state index is 14.0. The summed E-state index contributed by atoms with van der Waals surface area (Å²) in [6, 6.07) is 21.0. The molecular weight excluding hydrogens is 396 g/mol. The molecule has 1 amide bonds. The summed E-state index contributed by atoms with van der Waals surface area (Å²) < 4.78 is 1.90. The van der Waals surface area contributed by atoms with Gasteiger partial charge in [-0.1, -0.05) is 54.6 Å². The lowest BCUT2D eigenvalue weighted by Gasteiger charge is -2.43. The van der Waals surface area contributed by atoms with Gasteiger partial charge in [0.25, 0.3) is 5.91 Å². The van der Waals surface area contributed by atoms with E-state index in [-0.39, 0.29) is 24.2 Å². The molecule has 5 rings (SSSR count). The topological polar surface area (TPSA) is 50.2 Å². The van der Waals surface area contributed by atoms with Gasteiger partial charge in [-0.2, -0.15) is 5.10 Å². The van der Waals surface area contributed by atoms with Gasteiger partial charge in [-0.15, -0.1) is 12.4 Å². The van der Waals surface area contributed by atoms with E-state index in [0.717, 1.165) is 25.9 Å². The van der Waals surface area contributed by atoms with Crippen LogP contribution < -0.4 is 5.32 Å². The third-order valence-electron chi connectivity index (χ3n) is 6.46. The Labute approximate surface area is 183 Å². The monoisotopic (exact) mass is 422 g/mol. The van der Waals surface area contributed by atoms with Gasteiger partial charge in [0.15, 0.2) is 0 Å². The van der Waals surface area contributed by atoms with Gasteiger partial charge in [0, 0.05) is 31.4 Å². The van der Waals surface area contributed by atoms with Crippen molar-refractivity contribution in [1.82, 2.24) is 20.0 Å². The molecule has 30 heavy (non-hydrogen) atoms. The van der Waals surface area contributed by atoms with Gasteiger partial charge in [0.1, 0.15) is 5.54 Å². The number of hydrogen-bond acceptors (Lipinski definition) is 3. The predicted octanol–water partition coefficient (Wildman–Crippen LogP) is 3.56. The Bertz CT molecular complexity index is 983. The highest BCUT2D eigenvalue weighted by Gasteiger charge is 2.45. The molecule has 3 aromatic rings. The van der Waals surface area contributed by atoms with Gasteiger partial charge in [0.2, 0.25) is 0 Å². The van der Waals surface area contributed by atoms with E-state index < -0.39 is 5.54 Å². The number of benzene rings is 2. The normalized spacial score (nSPS) is 20.1. The summed E-state index contributed by atoms with van der Waals surface area (Å²) in [5.74, 6) is 0.389. The van der Waals surface area contributed by atoms with Gasteiger partial charge in [-0.25, -0.2) is 0 Å². The van der Waals surface area contributed by atoms with E-state index in [9.17, 15) is 4.79 Å². The predicted molar refractivity (Wildman–Crippen MR) is 120 cm³/mol. The highest BCUT2D eigenvalue weighted by Crippen LogP contribution is 2.37. The number of halogens is 1. The fourth-order valence-corrected chi connectivity index (χ4v) is 4.93. The van der Waals surface area contributed by atoms with E-state index in [1.807, 2.05) is 23.0 Å². The average Bonchev–Trinajstić information content (AvgIpc) is 3.34. The summed E-state index contributed by atoms with van der Waals surface area (Å²) in [6.07, 6.45) is 5.24. The molecule has 2 aromatic carbocycles. The van der Waals surface area contributed by atoms with Crippen LogP contribution in [0.4, 0.5) is 0 Å². The quantitative estimate of drug-likeness (QED) is 0.702. The molecule has 0 bridgehead atoms. The van der Waals surface area contributed by atoms with Gasteiger partial charge in [-0.3, -0.25) is 9.48 Å². The van der Waals surface area contributed by atoms with Crippen molar-refractivity contribution in [2.45, 2.75) is 30.8 Å². The first-order valence-electron chi connectivity index (χ1n) is 10.4. The van der Waals surface area contributed by atoms with Crippen LogP contribution >= 0.6 is 12.4 Å². The van der Waals surface area contributed by atoms with Crippen LogP contribution in [-0.4, -0.2) is 40.2 Å². The molecule has 1 N–H and O–H groups in total. The number of carbonyl (C=O) groups excluding carboxylic acids is 1. The zero-order valence-electron chi connectivity index (χ0n) is 16.9. The molecule has 0 radical (unpaired) electrons. The van der Waals surface area contributed by atoms with Crippen LogP contribution in [0.2, 0.25) is 0 Å². The number of aromatic nitrogens is 2. The Morgan fingerprint density at radius 2 is 1.73 bits per heavy atom. The highest BCUT2D eigenvalue weighted by molar-refractivity contribution is 5.85. The van der Waals surface area contributed by atoms with E-state index in [4.69, 9.17) is 0 Å². The van der Waals surface area contributed by atoms with Crippen molar-refractivity contribution in [2.75, 3.05) is 19.6 Å². The lowest BCUT2D eigenvalue weighted by molar-refractivity contribution is -0.144. The summed E-state index contributed by atoms with van der Waals surface area (Å²) >= 11 is 0. The second kappa shape index (κ2) is 8.62. The summed E-state index contributed by atoms with van der Waals surface area (Å²) in [7, 11) is 0. The van der Waals surface area contributed by atoms with Crippen molar-refractivity contribution in [3.63, 3.8) is 0 Å². The summed E-state index contributed by atoms with van der Waals surface area (Å²) in [6.45, 7) is 3.03. The van der Waals surface area contributed by atoms with Crippen molar-refractivity contribution in [1.29, 1.82) is 0 Å². The molecule has 0 spiro atoms. The summed E-state index contributed by atoms with van der Waals surface area (Å²) in [5, 5.41) is 7.89. The second-order valence-electron chi connectivity index (χ2n) is 8.08. The molecule has 1 unspecified atom stereocenters. The van der Waals surface area contributed by atoms with Gasteiger partial charge in [0.05, 0.1) is 0 Å². The van der Waals surface area contributed by atoms with Crippen molar-refractivity contribution in [2.24, 2.45) is 0 Å². The number of fused-ring (bicyclic) bond motifs is 1. The van der Waals surface area contributed by atoms with Crippen LogP contribution in [0.1, 0.15) is 35.4 Å². The number of amides is 1. The number of carbonyl (C=O) groups is 1. The largest absolute Gasteiger partial charge is 0.335 e. The van der Waals surface area contributed by atoms with E-state index >= 15 is 0 Å². The number of hydrogen-bond donors (Lipinski definition) is 1. The molecule has 6 heteroatoms. The van der Waals surface area contributed by atoms with Crippen molar-refractivity contribution in [3.05, 3.63) is 89.7 Å². The molecule has 2 aliphatic heterocycles. The van der Waals surface area contributed by atoms with E-state index in [2.05, 4.69) is 63.8 Å². The number of nitrogens with zero attached hydrogens (tertiary/aromatic N) is 3. The number of piperidine rings is 1. The minimum atomic E-state index is -0.595. The van der Waals surface area contributed by atoms with Crippen molar-refractivity contribution >= 4 is 18.3 Å². The standard InChI is InChI=1S/C24H26N4O.ClH/c29-23(24(11-14-25-15-12-24)28-16-6-13-26-28)27-17-20-9-4-5-10-21(20)22(18-27)19-7-2-1-3-8-19;/h1-10,13,16,22,25H,11-12,14-15,17-18H2;1H. The SMILES string of the molecule is Cl.O=C(N1Cc2ccccc2C(c2ccccc2)C1)C1(n2cccn2)CCNCC1. The Hall–Kier alpha value is -2.63. The minimum absolute atomic E-state index is 0. The molecule has 156 valence electrons. The van der Waals surface area contributed by atoms with E-state index in [1.165, 1.54) is 16.7 Å². The lowest BCUT2D eigenvalue weighted by Crippen LogP contribution is -2.56. The second-order valence-corrected chi connectivity index (χ2v) is 8.08. The first-order chi connectivity index (χ1) is 14.3. The molecule has 1 aromatic heterocycles. The van der Waals surface area contributed by atoms with Crippen LogP contribution in [0, 0.1) is 0 Å². The summed E-state index contributed by atoms with van der Waals surface area (Å²) in [5.41, 5.74) is 3.24. The molecule has 0 aliphatic carbocycles. The fraction of sp³-hybridized carbons (Fsp3) is 0.333. The van der Waals surface area contributed by atoms with Crippen molar-refractivity contribution in [3.8, 4) is 0 Å². The lowest BCUT2D eigenvalue weighted by atomic mass is 9.82. The first kappa shape index (κ1) is 20.6. The van der Waals surface area contributed by atoms with Gasteiger partial charge >= 0.3 is 0 Å². The molecule has 3 heterocycles. The molecule has 2 aliphatic rings. The minimum Gasteiger partial charge on any atom is -0.335 e. The average molecular weight is 423 g/mol. The third kappa shape index (κ3) is 3.53. The molecule has 5 nitrogen and oxygen atoms in total. The number of rotatable bonds is 3. The van der Waals surface area contributed by atoms with Crippen LogP contribution in [0.15, 0.2) is 73.1 Å². The molecule has 1 fully saturated rings. The highest BCUT2D eigenvalue weighted by atomic mass is 35.5. The van der Waals surface area contributed by atoms with Crippen LogP contribution in [-0.2, 0) is 16.9 Å². The Morgan fingerprint density at radius 3 is 2.47 bits per heavy atom. The Balaban J connectivity index is 0.00000218. The van der Waals surface area contributed by atoms with E-state index in [1.54, 1.807) is 6.20 Å². The smallest absolute Gasteiger partial charge is 0.250 e. The van der Waals surface area contributed by atoms with Crippen LogP contribution in [0.25, 0.3) is 0 Å². The van der Waals surface area contributed by atoms with Crippen LogP contribution in [0.3, 0.4) is 0 Å². The Kier molecular flexibility index (Phi) is 5.93. The zero-order chi connectivity index (χ0) is 19.7. The molecule has 1 atom stereocenters. The first-order valence-corrected chi connectivity index (χ1v) is 10.4. The maximum Gasteiger partial charge on any atom is 0.250 e. The van der Waals surface area contributed by atoms with Gasteiger partial charge < -0.3 is 10.2 Å². The molecule has 1 saturated heterocycles. The van der Waals surface area contributed by atoms with Gasteiger partial charge in [-0.05, 0) is 48.7 Å². The Morgan fingerprint density at radius 1 is 1.00 bits per heavy atom. The zero-order valence-corrected chi connectivity index (χ0v) is 17.7. The molecular formula is C24H27ClN4O. The maximum atomic E-state index is 14.0. The summed E-state index contributed by atoms with van der Waals surface area (Å²) in [4.78, 5) is 16.1. The van der Waals surface area contributed by atoms with Crippen LogP contribution in [0.5, 0.6) is 0 Å². The number of nitrogens with one attached hydrogen (secondary N) is 1.